The molecule has 4 heteroatoms. The van der Waals surface area contributed by atoms with E-state index >= 15 is 0 Å². The summed E-state index contributed by atoms with van der Waals surface area (Å²) in [5.41, 5.74) is 3.99. The molecular formula is C36H32O4. The summed E-state index contributed by atoms with van der Waals surface area (Å²) in [6.45, 7) is 2.15. The summed E-state index contributed by atoms with van der Waals surface area (Å²) in [4.78, 5) is 13.7. The Kier molecular flexibility index (Phi) is 6.19. The number of benzene rings is 4. The molecule has 0 bridgehead atoms. The van der Waals surface area contributed by atoms with Crippen LogP contribution in [0.25, 0.3) is 22.6 Å². The molecule has 0 saturated heterocycles. The number of rotatable bonds is 4. The summed E-state index contributed by atoms with van der Waals surface area (Å²) in [5, 5.41) is 2.34. The molecule has 0 N–H and O–H groups in total. The van der Waals surface area contributed by atoms with E-state index in [1.807, 2.05) is 54.6 Å². The van der Waals surface area contributed by atoms with E-state index in [1.54, 1.807) is 0 Å². The number of allylic oxidation sites excluding steroid dienone is 1. The highest BCUT2D eigenvalue weighted by Gasteiger charge is 2.54. The van der Waals surface area contributed by atoms with Crippen LogP contribution in [-0.4, -0.2) is 12.1 Å². The Morgan fingerprint density at radius 2 is 1.55 bits per heavy atom. The third kappa shape index (κ3) is 4.28. The summed E-state index contributed by atoms with van der Waals surface area (Å²) in [7, 11) is 0. The minimum absolute atomic E-state index is 0.0641. The number of ether oxygens (including phenoxy) is 3. The molecule has 1 aliphatic carbocycles. The van der Waals surface area contributed by atoms with E-state index in [0.29, 0.717) is 5.76 Å². The van der Waals surface area contributed by atoms with Gasteiger partial charge in [0.2, 0.25) is 5.76 Å². The van der Waals surface area contributed by atoms with Gasteiger partial charge in [0.1, 0.15) is 11.9 Å². The van der Waals surface area contributed by atoms with Crippen LogP contribution in [-0.2, 0) is 24.8 Å². The largest absolute Gasteiger partial charge is 0.457 e. The topological polar surface area (TPSA) is 44.8 Å². The van der Waals surface area contributed by atoms with Crippen LogP contribution in [0, 0.1) is 5.92 Å². The molecule has 0 unspecified atom stereocenters. The van der Waals surface area contributed by atoms with Crippen LogP contribution in [0.5, 0.6) is 0 Å². The van der Waals surface area contributed by atoms with Gasteiger partial charge in [-0.1, -0.05) is 104 Å². The van der Waals surface area contributed by atoms with Crippen LogP contribution in [0.3, 0.4) is 0 Å². The highest BCUT2D eigenvalue weighted by atomic mass is 16.7. The van der Waals surface area contributed by atoms with Crippen LogP contribution < -0.4 is 0 Å². The molecule has 4 nitrogen and oxygen atoms in total. The lowest BCUT2D eigenvalue weighted by atomic mass is 9.75. The van der Waals surface area contributed by atoms with Crippen LogP contribution >= 0.6 is 0 Å². The van der Waals surface area contributed by atoms with E-state index in [2.05, 4.69) is 61.5 Å². The Hall–Kier alpha value is -4.31. The van der Waals surface area contributed by atoms with Gasteiger partial charge >= 0.3 is 5.97 Å². The van der Waals surface area contributed by atoms with Gasteiger partial charge in [0.05, 0.1) is 0 Å². The second-order valence-corrected chi connectivity index (χ2v) is 11.1. The van der Waals surface area contributed by atoms with Gasteiger partial charge in [-0.25, -0.2) is 4.79 Å². The van der Waals surface area contributed by atoms with Gasteiger partial charge < -0.3 is 14.2 Å². The molecule has 0 amide bonds. The van der Waals surface area contributed by atoms with Crippen molar-refractivity contribution in [3.63, 3.8) is 0 Å². The smallest absolute Gasteiger partial charge is 0.373 e. The van der Waals surface area contributed by atoms with E-state index in [0.717, 1.165) is 53.3 Å². The molecule has 2 heterocycles. The maximum absolute atomic E-state index is 13.7. The van der Waals surface area contributed by atoms with Gasteiger partial charge in [0.25, 0.3) is 5.79 Å². The van der Waals surface area contributed by atoms with Crippen molar-refractivity contribution in [2.75, 3.05) is 0 Å². The van der Waals surface area contributed by atoms with Crippen molar-refractivity contribution >= 4 is 28.6 Å². The summed E-state index contributed by atoms with van der Waals surface area (Å²) >= 11 is 0. The number of fused-ring (bicyclic) bond motifs is 3. The molecule has 1 saturated carbocycles. The summed E-state index contributed by atoms with van der Waals surface area (Å²) in [6.07, 6.45) is 7.91. The number of hydrogen-bond donors (Lipinski definition) is 0. The van der Waals surface area contributed by atoms with Gasteiger partial charge in [-0.2, -0.15) is 0 Å². The third-order valence-electron chi connectivity index (χ3n) is 8.61. The molecule has 200 valence electrons. The zero-order chi connectivity index (χ0) is 27.1. The Bertz CT molecular complexity index is 1630. The zero-order valence-corrected chi connectivity index (χ0v) is 22.6. The lowest BCUT2D eigenvalue weighted by Gasteiger charge is -2.47. The Morgan fingerprint density at radius 3 is 2.38 bits per heavy atom. The van der Waals surface area contributed by atoms with Gasteiger partial charge in [-0.05, 0) is 59.7 Å². The van der Waals surface area contributed by atoms with Crippen LogP contribution in [0.1, 0.15) is 60.8 Å². The maximum Gasteiger partial charge on any atom is 0.373 e. The summed E-state index contributed by atoms with van der Waals surface area (Å²) < 4.78 is 19.6. The van der Waals surface area contributed by atoms with Crippen molar-refractivity contribution in [2.24, 2.45) is 5.92 Å². The molecule has 4 aromatic carbocycles. The van der Waals surface area contributed by atoms with Crippen molar-refractivity contribution in [3.05, 3.63) is 131 Å². The molecule has 3 aliphatic rings. The first-order valence-corrected chi connectivity index (χ1v) is 14.3. The molecular weight excluding hydrogens is 496 g/mol. The minimum Gasteiger partial charge on any atom is -0.457 e. The fourth-order valence-electron chi connectivity index (χ4n) is 6.45. The number of carbonyl (C=O) groups is 1. The van der Waals surface area contributed by atoms with E-state index in [-0.39, 0.29) is 23.7 Å². The standard InChI is InChI=1S/C36H32O4/c1-24-31(28-20-19-25-11-5-6-14-27(25)21-28)23-34(35(37)38-30-16-8-9-17-30)40-36(24)32-18-10-7-15-29(32)22-33(39-36)26-12-3-2-4-13-26/h2-7,10-15,18-24,30-31H,8-9,16-17H2,1H3/t24-,31+,36-/m1/s1. The Labute approximate surface area is 234 Å². The molecule has 0 aromatic heterocycles. The summed E-state index contributed by atoms with van der Waals surface area (Å²) in [6, 6.07) is 33.1. The molecule has 0 radical (unpaired) electrons. The zero-order valence-electron chi connectivity index (χ0n) is 22.6. The van der Waals surface area contributed by atoms with Crippen molar-refractivity contribution in [2.45, 2.75) is 50.4 Å². The Balaban J connectivity index is 1.37. The van der Waals surface area contributed by atoms with E-state index in [4.69, 9.17) is 14.2 Å². The predicted octanol–water partition coefficient (Wildman–Crippen LogP) is 8.34. The fraction of sp³-hybridized carbons (Fsp3) is 0.250. The minimum atomic E-state index is -1.22. The second kappa shape index (κ2) is 10.0. The molecule has 2 aliphatic heterocycles. The van der Waals surface area contributed by atoms with Gasteiger partial charge in [0.15, 0.2) is 0 Å². The average Bonchev–Trinajstić information content (AvgIpc) is 3.51. The first kappa shape index (κ1) is 24.7. The van der Waals surface area contributed by atoms with E-state index in [9.17, 15) is 4.79 Å². The monoisotopic (exact) mass is 528 g/mol. The van der Waals surface area contributed by atoms with Crippen molar-refractivity contribution in [1.29, 1.82) is 0 Å². The Morgan fingerprint density at radius 1 is 0.825 bits per heavy atom. The predicted molar refractivity (Wildman–Crippen MR) is 157 cm³/mol. The first-order valence-electron chi connectivity index (χ1n) is 14.3. The lowest BCUT2D eigenvalue weighted by Crippen LogP contribution is -2.47. The quantitative estimate of drug-likeness (QED) is 0.250. The molecule has 3 atom stereocenters. The number of hydrogen-bond acceptors (Lipinski definition) is 4. The number of esters is 1. The molecule has 1 spiro atoms. The van der Waals surface area contributed by atoms with Gasteiger partial charge in [0, 0.05) is 23.0 Å². The molecule has 4 aromatic rings. The highest BCUT2D eigenvalue weighted by Crippen LogP contribution is 2.54. The SMILES string of the molecule is C[C@@H]1[C@@H](c2ccc3ccccc3c2)C=C(C(=O)OC2CCCC2)O[C@]12OC(c1ccccc1)=Cc1ccccc12. The normalized spacial score (nSPS) is 24.0. The van der Waals surface area contributed by atoms with Crippen molar-refractivity contribution < 1.29 is 19.0 Å². The average molecular weight is 529 g/mol. The van der Waals surface area contributed by atoms with Gasteiger partial charge in [-0.3, -0.25) is 0 Å². The second-order valence-electron chi connectivity index (χ2n) is 11.1. The summed E-state index contributed by atoms with van der Waals surface area (Å²) in [5.74, 6) is -1.01. The lowest BCUT2D eigenvalue weighted by molar-refractivity contribution is -0.232. The van der Waals surface area contributed by atoms with Crippen LogP contribution in [0.15, 0.2) is 109 Å². The van der Waals surface area contributed by atoms with Gasteiger partial charge in [-0.15, -0.1) is 0 Å². The van der Waals surface area contributed by atoms with E-state index < -0.39 is 11.8 Å². The third-order valence-corrected chi connectivity index (χ3v) is 8.61. The number of carbonyl (C=O) groups excluding carboxylic acids is 1. The molecule has 7 rings (SSSR count). The molecule has 40 heavy (non-hydrogen) atoms. The first-order chi connectivity index (χ1) is 19.6. The van der Waals surface area contributed by atoms with Crippen molar-refractivity contribution in [1.82, 2.24) is 0 Å². The fourth-order valence-corrected chi connectivity index (χ4v) is 6.45. The van der Waals surface area contributed by atoms with Crippen molar-refractivity contribution in [3.8, 4) is 0 Å². The van der Waals surface area contributed by atoms with E-state index in [1.165, 1.54) is 5.39 Å². The maximum atomic E-state index is 13.7. The van der Waals surface area contributed by atoms with Crippen LogP contribution in [0.4, 0.5) is 0 Å². The van der Waals surface area contributed by atoms with Crippen LogP contribution in [0.2, 0.25) is 0 Å². The molecule has 1 fully saturated rings. The highest BCUT2D eigenvalue weighted by molar-refractivity contribution is 5.88.